The minimum Gasteiger partial charge on any atom is -0.165 e. The number of thiol groups is 2. The van der Waals surface area contributed by atoms with Crippen molar-refractivity contribution in [2.24, 2.45) is 5.41 Å². The highest BCUT2D eigenvalue weighted by Gasteiger charge is 2.15. The molecule has 1 radical (unpaired) electrons. The number of hydrogen-bond acceptors (Lipinski definition) is 2. The Balaban J connectivity index is 3.54. The highest BCUT2D eigenvalue weighted by Crippen LogP contribution is 2.25. The van der Waals surface area contributed by atoms with Gasteiger partial charge in [0.1, 0.15) is 0 Å². The fraction of sp³-hybridized carbons (Fsp3) is 0.800. The van der Waals surface area contributed by atoms with Crippen LogP contribution in [0.5, 0.6) is 0 Å². The summed E-state index contributed by atoms with van der Waals surface area (Å²) in [7, 11) is 0. The van der Waals surface area contributed by atoms with Crippen LogP contribution < -0.4 is 0 Å². The third-order valence-electron chi connectivity index (χ3n) is 0.699. The van der Waals surface area contributed by atoms with Crippen LogP contribution in [-0.4, -0.2) is 4.58 Å². The monoisotopic (exact) mass is 135 g/mol. The van der Waals surface area contributed by atoms with Gasteiger partial charge in [0.2, 0.25) is 0 Å². The molecule has 0 aliphatic rings. The number of rotatable bonds is 1. The maximum Gasteiger partial charge on any atom is 0.0493 e. The van der Waals surface area contributed by atoms with Gasteiger partial charge in [0, 0.05) is 4.58 Å². The van der Waals surface area contributed by atoms with Crippen molar-refractivity contribution in [1.29, 1.82) is 0 Å². The zero-order valence-corrected chi connectivity index (χ0v) is 6.47. The summed E-state index contributed by atoms with van der Waals surface area (Å²) in [6.07, 6.45) is 0. The third-order valence-corrected chi connectivity index (χ3v) is 2.10. The van der Waals surface area contributed by atoms with Gasteiger partial charge in [0.15, 0.2) is 0 Å². The van der Waals surface area contributed by atoms with Crippen LogP contribution in [0.2, 0.25) is 0 Å². The molecule has 0 bridgehead atoms. The Bertz CT molecular complexity index is 51.6. The summed E-state index contributed by atoms with van der Waals surface area (Å²) in [5.74, 6) is 0. The lowest BCUT2D eigenvalue weighted by Crippen LogP contribution is -2.14. The Hall–Kier alpha value is 0.700. The first-order chi connectivity index (χ1) is 2.94. The lowest BCUT2D eigenvalue weighted by atomic mass is 10.0. The van der Waals surface area contributed by atoms with Gasteiger partial charge in [-0.2, -0.15) is 25.3 Å². The molecule has 0 fully saturated rings. The summed E-state index contributed by atoms with van der Waals surface area (Å²) in [4.78, 5) is 0. The van der Waals surface area contributed by atoms with Gasteiger partial charge in [0.05, 0.1) is 0 Å². The van der Waals surface area contributed by atoms with Crippen LogP contribution in [0.25, 0.3) is 0 Å². The molecule has 0 aromatic carbocycles. The molecule has 0 unspecified atom stereocenters. The van der Waals surface area contributed by atoms with E-state index in [1.54, 1.807) is 0 Å². The second-order valence-corrected chi connectivity index (χ2v) is 3.80. The molecule has 0 N–H and O–H groups in total. The van der Waals surface area contributed by atoms with Crippen LogP contribution in [0.15, 0.2) is 0 Å². The van der Waals surface area contributed by atoms with Crippen molar-refractivity contribution in [2.75, 3.05) is 0 Å². The average Bonchev–Trinajstić information content (AvgIpc) is 1.31. The molecule has 0 rings (SSSR count). The Morgan fingerprint density at radius 2 is 1.57 bits per heavy atom. The van der Waals surface area contributed by atoms with Gasteiger partial charge < -0.3 is 0 Å². The molecule has 0 atom stereocenters. The lowest BCUT2D eigenvalue weighted by molar-refractivity contribution is 0.531. The fourth-order valence-electron chi connectivity index (χ4n) is 0. The van der Waals surface area contributed by atoms with E-state index in [1.807, 2.05) is 13.8 Å². The molecule has 0 spiro atoms. The van der Waals surface area contributed by atoms with E-state index in [9.17, 15) is 0 Å². The third kappa shape index (κ3) is 3.30. The molecule has 0 aliphatic carbocycles. The van der Waals surface area contributed by atoms with Crippen molar-refractivity contribution in [3.05, 3.63) is 6.92 Å². The van der Waals surface area contributed by atoms with Crippen molar-refractivity contribution in [2.45, 2.75) is 18.4 Å². The van der Waals surface area contributed by atoms with E-state index in [-0.39, 0.29) is 10.00 Å². The second-order valence-electron chi connectivity index (χ2n) is 2.36. The number of hydrogen-bond donors (Lipinski definition) is 2. The predicted octanol–water partition coefficient (Wildman–Crippen LogP) is 2.03. The van der Waals surface area contributed by atoms with Gasteiger partial charge in [-0.1, -0.05) is 13.8 Å². The largest absolute Gasteiger partial charge is 0.165 e. The van der Waals surface area contributed by atoms with Crippen LogP contribution in [-0.2, 0) is 0 Å². The SMILES string of the molecule is [CH2]C(C)(C)C(S)S. The van der Waals surface area contributed by atoms with E-state index in [0.717, 1.165) is 0 Å². The first kappa shape index (κ1) is 7.70. The standard InChI is InChI=1S/C5H11S2/c1-5(2,3)4(6)7/h4,6-7H,1H2,2-3H3. The molecule has 0 aromatic rings. The maximum atomic E-state index is 4.08. The molecule has 0 aromatic heterocycles. The molecular formula is C5H11S2. The van der Waals surface area contributed by atoms with Gasteiger partial charge in [-0.15, -0.1) is 0 Å². The average molecular weight is 135 g/mol. The lowest BCUT2D eigenvalue weighted by Gasteiger charge is -2.20. The van der Waals surface area contributed by atoms with Gasteiger partial charge in [-0.25, -0.2) is 0 Å². The van der Waals surface area contributed by atoms with Gasteiger partial charge in [0.25, 0.3) is 0 Å². The molecule has 0 saturated heterocycles. The Labute approximate surface area is 56.5 Å². The van der Waals surface area contributed by atoms with Crippen molar-refractivity contribution in [1.82, 2.24) is 0 Å². The molecule has 0 saturated carbocycles. The van der Waals surface area contributed by atoms with E-state index in [2.05, 4.69) is 32.2 Å². The van der Waals surface area contributed by atoms with Crippen LogP contribution >= 0.6 is 25.3 Å². The highest BCUT2D eigenvalue weighted by atomic mass is 32.2. The van der Waals surface area contributed by atoms with Crippen molar-refractivity contribution in [3.8, 4) is 0 Å². The zero-order chi connectivity index (χ0) is 6.08. The first-order valence-corrected chi connectivity index (χ1v) is 3.19. The van der Waals surface area contributed by atoms with Crippen molar-refractivity contribution < 1.29 is 0 Å². The Morgan fingerprint density at radius 3 is 1.57 bits per heavy atom. The quantitative estimate of drug-likeness (QED) is 0.399. The van der Waals surface area contributed by atoms with Crippen LogP contribution in [0.4, 0.5) is 0 Å². The van der Waals surface area contributed by atoms with E-state index >= 15 is 0 Å². The summed E-state index contributed by atoms with van der Waals surface area (Å²) in [5, 5.41) is 0. The molecule has 0 heterocycles. The normalized spacial score (nSPS) is 12.9. The minimum absolute atomic E-state index is 0.0216. The Morgan fingerprint density at radius 1 is 1.43 bits per heavy atom. The zero-order valence-electron chi connectivity index (χ0n) is 4.68. The van der Waals surface area contributed by atoms with E-state index in [1.165, 1.54) is 0 Å². The molecular weight excluding hydrogens is 124 g/mol. The topological polar surface area (TPSA) is 0 Å². The van der Waals surface area contributed by atoms with Gasteiger partial charge >= 0.3 is 0 Å². The summed E-state index contributed by atoms with van der Waals surface area (Å²) in [6.45, 7) is 7.81. The van der Waals surface area contributed by atoms with Crippen molar-refractivity contribution in [3.63, 3.8) is 0 Å². The molecule has 2 heteroatoms. The second kappa shape index (κ2) is 2.31. The van der Waals surface area contributed by atoms with E-state index in [0.29, 0.717) is 0 Å². The first-order valence-electron chi connectivity index (χ1n) is 2.16. The molecule has 43 valence electrons. The van der Waals surface area contributed by atoms with Crippen molar-refractivity contribution >= 4 is 25.3 Å². The van der Waals surface area contributed by atoms with Crippen LogP contribution in [0.3, 0.4) is 0 Å². The maximum absolute atomic E-state index is 4.08. The molecule has 0 amide bonds. The highest BCUT2D eigenvalue weighted by molar-refractivity contribution is 7.99. The van der Waals surface area contributed by atoms with E-state index in [4.69, 9.17) is 0 Å². The van der Waals surface area contributed by atoms with Gasteiger partial charge in [-0.3, -0.25) is 0 Å². The Kier molecular flexibility index (Phi) is 2.54. The summed E-state index contributed by atoms with van der Waals surface area (Å²) in [6, 6.07) is 0. The molecule has 0 nitrogen and oxygen atoms in total. The molecule has 7 heavy (non-hydrogen) atoms. The van der Waals surface area contributed by atoms with Crippen LogP contribution in [0, 0.1) is 12.3 Å². The summed E-state index contributed by atoms with van der Waals surface area (Å²) >= 11 is 8.16. The smallest absolute Gasteiger partial charge is 0.0493 e. The van der Waals surface area contributed by atoms with Gasteiger partial charge in [-0.05, 0) is 12.3 Å². The fourth-order valence-corrected chi connectivity index (χ4v) is 0. The molecule has 0 aliphatic heterocycles. The summed E-state index contributed by atoms with van der Waals surface area (Å²) < 4.78 is 0.0764. The predicted molar refractivity (Wildman–Crippen MR) is 40.9 cm³/mol. The summed E-state index contributed by atoms with van der Waals surface area (Å²) in [5.41, 5.74) is -0.0216. The van der Waals surface area contributed by atoms with E-state index < -0.39 is 0 Å². The minimum atomic E-state index is -0.0216. The van der Waals surface area contributed by atoms with Crippen LogP contribution in [0.1, 0.15) is 13.8 Å².